The Balaban J connectivity index is 1.72. The lowest BCUT2D eigenvalue weighted by Crippen LogP contribution is -2.60. The van der Waals surface area contributed by atoms with Crippen molar-refractivity contribution < 1.29 is 28.2 Å². The van der Waals surface area contributed by atoms with E-state index < -0.39 is 18.1 Å². The molecule has 2 aliphatic rings. The molecule has 3 rings (SSSR count). The third-order valence-electron chi connectivity index (χ3n) is 4.04. The average Bonchev–Trinajstić information content (AvgIpc) is 2.51. The molecule has 0 saturated carbocycles. The van der Waals surface area contributed by atoms with Crippen LogP contribution >= 0.6 is 0 Å². The molecule has 0 spiro atoms. The highest BCUT2D eigenvalue weighted by molar-refractivity contribution is 5.73. The minimum Gasteiger partial charge on any atom is -0.486 e. The van der Waals surface area contributed by atoms with Gasteiger partial charge in [-0.2, -0.15) is 0 Å². The molecule has 0 radical (unpaired) electrons. The van der Waals surface area contributed by atoms with Crippen LogP contribution in [0.4, 0.5) is 8.78 Å². The second-order valence-electron chi connectivity index (χ2n) is 6.18. The van der Waals surface area contributed by atoms with Gasteiger partial charge in [-0.25, -0.2) is 8.78 Å². The minimum atomic E-state index is -2.69. The Morgan fingerprint density at radius 2 is 2.00 bits per heavy atom. The first-order chi connectivity index (χ1) is 11.3. The number of fused-ring (bicyclic) bond motifs is 1. The SMILES string of the molecule is CC(=O)N[C@H](CN1CC(F)(F)C1)[C@H](O)c1ccc2c(c1)OCCO2. The van der Waals surface area contributed by atoms with Gasteiger partial charge in [-0.3, -0.25) is 9.69 Å². The van der Waals surface area contributed by atoms with Crippen molar-refractivity contribution >= 4 is 5.91 Å². The predicted molar refractivity (Wildman–Crippen MR) is 81.4 cm³/mol. The van der Waals surface area contributed by atoms with Gasteiger partial charge in [0.15, 0.2) is 11.5 Å². The normalized spacial score (nSPS) is 21.5. The molecule has 6 nitrogen and oxygen atoms in total. The van der Waals surface area contributed by atoms with E-state index in [9.17, 15) is 18.7 Å². The molecule has 0 aliphatic carbocycles. The second-order valence-corrected chi connectivity index (χ2v) is 6.18. The van der Waals surface area contributed by atoms with Gasteiger partial charge >= 0.3 is 0 Å². The van der Waals surface area contributed by atoms with Gasteiger partial charge in [0.05, 0.1) is 19.1 Å². The fourth-order valence-electron chi connectivity index (χ4n) is 2.98. The van der Waals surface area contributed by atoms with Crippen LogP contribution in [0.1, 0.15) is 18.6 Å². The largest absolute Gasteiger partial charge is 0.486 e. The zero-order valence-electron chi connectivity index (χ0n) is 13.3. The zero-order valence-corrected chi connectivity index (χ0v) is 13.3. The number of benzene rings is 1. The van der Waals surface area contributed by atoms with Crippen LogP contribution in [0.25, 0.3) is 0 Å². The second kappa shape index (κ2) is 6.52. The number of hydrogen-bond donors (Lipinski definition) is 2. The number of nitrogens with zero attached hydrogens (tertiary/aromatic N) is 1. The van der Waals surface area contributed by atoms with Gasteiger partial charge in [0.2, 0.25) is 5.91 Å². The first-order valence-corrected chi connectivity index (χ1v) is 7.79. The number of likely N-dealkylation sites (tertiary alicyclic amines) is 1. The first-order valence-electron chi connectivity index (χ1n) is 7.79. The number of carbonyl (C=O) groups is 1. The Labute approximate surface area is 138 Å². The van der Waals surface area contributed by atoms with Crippen LogP contribution in [-0.2, 0) is 4.79 Å². The molecule has 24 heavy (non-hydrogen) atoms. The van der Waals surface area contributed by atoms with E-state index >= 15 is 0 Å². The van der Waals surface area contributed by atoms with E-state index in [0.717, 1.165) is 0 Å². The lowest BCUT2D eigenvalue weighted by Gasteiger charge is -2.41. The van der Waals surface area contributed by atoms with Crippen LogP contribution in [0.15, 0.2) is 18.2 Å². The van der Waals surface area contributed by atoms with Gasteiger partial charge < -0.3 is 19.9 Å². The Morgan fingerprint density at radius 3 is 2.62 bits per heavy atom. The predicted octanol–water partition coefficient (Wildman–Crippen LogP) is 0.947. The molecule has 2 heterocycles. The highest BCUT2D eigenvalue weighted by atomic mass is 19.3. The molecular formula is C16H20F2N2O4. The number of halogens is 2. The number of alkyl halides is 2. The quantitative estimate of drug-likeness (QED) is 0.834. The summed E-state index contributed by atoms with van der Waals surface area (Å²) in [6.45, 7) is 1.63. The molecule has 132 valence electrons. The van der Waals surface area contributed by atoms with Crippen molar-refractivity contribution in [3.8, 4) is 11.5 Å². The van der Waals surface area contributed by atoms with Gasteiger partial charge in [0.25, 0.3) is 5.92 Å². The lowest BCUT2D eigenvalue weighted by molar-refractivity contribution is -0.137. The molecule has 1 fully saturated rings. The number of aliphatic hydroxyl groups is 1. The highest BCUT2D eigenvalue weighted by Crippen LogP contribution is 2.34. The van der Waals surface area contributed by atoms with Crippen LogP contribution in [-0.4, -0.2) is 60.7 Å². The third kappa shape index (κ3) is 3.76. The number of amides is 1. The van der Waals surface area contributed by atoms with Crippen molar-refractivity contribution in [1.82, 2.24) is 10.2 Å². The van der Waals surface area contributed by atoms with E-state index in [-0.39, 0.29) is 25.5 Å². The Kier molecular flexibility index (Phi) is 4.60. The number of rotatable bonds is 5. The average molecular weight is 342 g/mol. The molecule has 2 N–H and O–H groups in total. The van der Waals surface area contributed by atoms with E-state index in [1.807, 2.05) is 0 Å². The molecular weight excluding hydrogens is 322 g/mol. The van der Waals surface area contributed by atoms with Crippen molar-refractivity contribution in [2.75, 3.05) is 32.8 Å². The van der Waals surface area contributed by atoms with Crippen molar-refractivity contribution in [2.24, 2.45) is 0 Å². The number of nitrogens with one attached hydrogen (secondary N) is 1. The number of carbonyl (C=O) groups excluding carboxylic acids is 1. The number of ether oxygens (including phenoxy) is 2. The molecule has 2 atom stereocenters. The molecule has 8 heteroatoms. The van der Waals surface area contributed by atoms with Crippen molar-refractivity contribution in [3.63, 3.8) is 0 Å². The Bertz CT molecular complexity index is 618. The highest BCUT2D eigenvalue weighted by Gasteiger charge is 2.45. The molecule has 0 aromatic heterocycles. The third-order valence-corrected chi connectivity index (χ3v) is 4.04. The summed E-state index contributed by atoms with van der Waals surface area (Å²) in [4.78, 5) is 12.9. The van der Waals surface area contributed by atoms with E-state index in [0.29, 0.717) is 30.3 Å². The van der Waals surface area contributed by atoms with E-state index in [1.165, 1.54) is 11.8 Å². The van der Waals surface area contributed by atoms with Gasteiger partial charge in [0, 0.05) is 13.5 Å². The fourth-order valence-corrected chi connectivity index (χ4v) is 2.98. The Morgan fingerprint density at radius 1 is 1.33 bits per heavy atom. The molecule has 0 bridgehead atoms. The summed E-state index contributed by atoms with van der Waals surface area (Å²) >= 11 is 0. The van der Waals surface area contributed by atoms with Gasteiger partial charge in [-0.1, -0.05) is 6.07 Å². The summed E-state index contributed by atoms with van der Waals surface area (Å²) in [6, 6.07) is 4.33. The summed E-state index contributed by atoms with van der Waals surface area (Å²) in [7, 11) is 0. The number of hydrogen-bond acceptors (Lipinski definition) is 5. The summed E-state index contributed by atoms with van der Waals surface area (Å²) < 4.78 is 36.9. The van der Waals surface area contributed by atoms with Gasteiger partial charge in [-0.15, -0.1) is 0 Å². The molecule has 1 saturated heterocycles. The van der Waals surface area contributed by atoms with Crippen LogP contribution < -0.4 is 14.8 Å². The molecule has 1 amide bonds. The van der Waals surface area contributed by atoms with Crippen molar-refractivity contribution in [1.29, 1.82) is 0 Å². The lowest BCUT2D eigenvalue weighted by atomic mass is 9.99. The van der Waals surface area contributed by atoms with Crippen LogP contribution in [0.3, 0.4) is 0 Å². The fraction of sp³-hybridized carbons (Fsp3) is 0.562. The topological polar surface area (TPSA) is 71.0 Å². The maximum Gasteiger partial charge on any atom is 0.272 e. The maximum atomic E-state index is 13.0. The van der Waals surface area contributed by atoms with Crippen LogP contribution in [0, 0.1) is 0 Å². The summed E-state index contributed by atoms with van der Waals surface area (Å²) in [5, 5.41) is 13.2. The van der Waals surface area contributed by atoms with Crippen molar-refractivity contribution in [2.45, 2.75) is 25.0 Å². The van der Waals surface area contributed by atoms with Crippen molar-refractivity contribution in [3.05, 3.63) is 23.8 Å². The zero-order chi connectivity index (χ0) is 17.3. The minimum absolute atomic E-state index is 0.144. The Hall–Kier alpha value is -1.93. The summed E-state index contributed by atoms with van der Waals surface area (Å²) in [5.41, 5.74) is 0.533. The van der Waals surface area contributed by atoms with E-state index in [1.54, 1.807) is 18.2 Å². The van der Waals surface area contributed by atoms with E-state index in [2.05, 4.69) is 5.32 Å². The smallest absolute Gasteiger partial charge is 0.272 e. The van der Waals surface area contributed by atoms with E-state index in [4.69, 9.17) is 9.47 Å². The molecule has 1 aromatic rings. The molecule has 0 unspecified atom stereocenters. The molecule has 2 aliphatic heterocycles. The standard InChI is InChI=1S/C16H20F2N2O4/c1-10(21)19-12(7-20-8-16(17,18)9-20)15(22)11-2-3-13-14(6-11)24-5-4-23-13/h2-3,6,12,15,22H,4-5,7-9H2,1H3,(H,19,21)/t12-,15-/m1/s1. The van der Waals surface area contributed by atoms with Gasteiger partial charge in [-0.05, 0) is 17.7 Å². The number of aliphatic hydroxyl groups excluding tert-OH is 1. The van der Waals surface area contributed by atoms with Crippen LogP contribution in [0.5, 0.6) is 11.5 Å². The van der Waals surface area contributed by atoms with Gasteiger partial charge in [0.1, 0.15) is 19.3 Å². The molecule has 1 aromatic carbocycles. The summed E-state index contributed by atoms with van der Waals surface area (Å²) in [5.74, 6) is -1.91. The first kappa shape index (κ1) is 16.9. The maximum absolute atomic E-state index is 13.0. The van der Waals surface area contributed by atoms with Crippen LogP contribution in [0.2, 0.25) is 0 Å². The monoisotopic (exact) mass is 342 g/mol. The summed E-state index contributed by atoms with van der Waals surface area (Å²) in [6.07, 6.45) is -1.04.